The molecule has 25 heavy (non-hydrogen) atoms. The molecular formula is C20H29N3O2. The first-order chi connectivity index (χ1) is 11.9. The number of amides is 2. The van der Waals surface area contributed by atoms with Gasteiger partial charge in [0.2, 0.25) is 11.8 Å². The van der Waals surface area contributed by atoms with Crippen molar-refractivity contribution >= 4 is 11.8 Å². The highest BCUT2D eigenvalue weighted by Gasteiger charge is 2.57. The van der Waals surface area contributed by atoms with Gasteiger partial charge in [-0.25, -0.2) is 0 Å². The molecular weight excluding hydrogens is 314 g/mol. The van der Waals surface area contributed by atoms with Crippen molar-refractivity contribution in [1.29, 1.82) is 0 Å². The van der Waals surface area contributed by atoms with Crippen molar-refractivity contribution in [2.75, 3.05) is 32.7 Å². The molecule has 0 aliphatic carbocycles. The summed E-state index contributed by atoms with van der Waals surface area (Å²) in [7, 11) is 0. The molecule has 2 saturated heterocycles. The third kappa shape index (κ3) is 3.87. The minimum absolute atomic E-state index is 0.0365. The fourth-order valence-corrected chi connectivity index (χ4v) is 4.08. The summed E-state index contributed by atoms with van der Waals surface area (Å²) in [5, 5.41) is 3.11. The van der Waals surface area contributed by atoms with E-state index in [2.05, 4.69) is 48.3 Å². The van der Waals surface area contributed by atoms with Gasteiger partial charge in [-0.3, -0.25) is 14.5 Å². The summed E-state index contributed by atoms with van der Waals surface area (Å²) in [6.07, 6.45) is 0. The van der Waals surface area contributed by atoms with E-state index in [1.165, 1.54) is 5.56 Å². The predicted molar refractivity (Wildman–Crippen MR) is 97.7 cm³/mol. The number of carbonyl (C=O) groups is 2. The molecule has 0 radical (unpaired) electrons. The molecule has 1 unspecified atom stereocenters. The van der Waals surface area contributed by atoms with Crippen molar-refractivity contribution in [3.8, 4) is 0 Å². The Kier molecular flexibility index (Phi) is 5.13. The van der Waals surface area contributed by atoms with Gasteiger partial charge in [-0.2, -0.15) is 0 Å². The Morgan fingerprint density at radius 2 is 1.88 bits per heavy atom. The van der Waals surface area contributed by atoms with Crippen LogP contribution in [0.15, 0.2) is 30.3 Å². The monoisotopic (exact) mass is 343 g/mol. The molecule has 2 amide bonds. The molecule has 1 N–H and O–H groups in total. The Balaban J connectivity index is 1.70. The number of likely N-dealkylation sites (tertiary alicyclic amines) is 2. The van der Waals surface area contributed by atoms with E-state index in [1.54, 1.807) is 6.92 Å². The van der Waals surface area contributed by atoms with Crippen molar-refractivity contribution in [3.05, 3.63) is 35.9 Å². The molecule has 5 nitrogen and oxygen atoms in total. The third-order valence-electron chi connectivity index (χ3n) is 5.43. The van der Waals surface area contributed by atoms with E-state index in [1.807, 2.05) is 11.0 Å². The molecule has 2 aliphatic heterocycles. The second-order valence-electron chi connectivity index (χ2n) is 8.08. The lowest BCUT2D eigenvalue weighted by atomic mass is 9.71. The van der Waals surface area contributed by atoms with Crippen LogP contribution in [0.25, 0.3) is 0 Å². The molecule has 0 aromatic heterocycles. The van der Waals surface area contributed by atoms with Crippen molar-refractivity contribution in [2.24, 2.45) is 17.3 Å². The minimum Gasteiger partial charge on any atom is -0.356 e. The maximum Gasteiger partial charge on any atom is 0.225 e. The molecule has 0 bridgehead atoms. The Morgan fingerprint density at radius 3 is 2.48 bits per heavy atom. The summed E-state index contributed by atoms with van der Waals surface area (Å²) >= 11 is 0. The number of nitrogens with zero attached hydrogens (tertiary/aromatic N) is 2. The summed E-state index contributed by atoms with van der Waals surface area (Å²) in [4.78, 5) is 28.7. The van der Waals surface area contributed by atoms with Gasteiger partial charge in [-0.1, -0.05) is 44.2 Å². The van der Waals surface area contributed by atoms with Crippen molar-refractivity contribution in [3.63, 3.8) is 0 Å². The van der Waals surface area contributed by atoms with E-state index in [9.17, 15) is 9.59 Å². The Hall–Kier alpha value is -1.88. The lowest BCUT2D eigenvalue weighted by molar-refractivity contribution is -0.147. The molecule has 1 spiro atoms. The fraction of sp³-hybridized carbons (Fsp3) is 0.600. The predicted octanol–water partition coefficient (Wildman–Crippen LogP) is 1.74. The third-order valence-corrected chi connectivity index (χ3v) is 5.43. The number of rotatable bonds is 5. The fourth-order valence-electron chi connectivity index (χ4n) is 4.08. The van der Waals surface area contributed by atoms with E-state index in [0.29, 0.717) is 25.6 Å². The highest BCUT2D eigenvalue weighted by Crippen LogP contribution is 2.44. The van der Waals surface area contributed by atoms with E-state index in [4.69, 9.17) is 0 Å². The second kappa shape index (κ2) is 7.16. The van der Waals surface area contributed by atoms with Crippen LogP contribution in [0.1, 0.15) is 26.3 Å². The number of nitrogens with one attached hydrogen (secondary N) is 1. The summed E-state index contributed by atoms with van der Waals surface area (Å²) in [5.41, 5.74) is 1.19. The van der Waals surface area contributed by atoms with Crippen LogP contribution in [0.4, 0.5) is 0 Å². The van der Waals surface area contributed by atoms with Gasteiger partial charge >= 0.3 is 0 Å². The lowest BCUT2D eigenvalue weighted by Gasteiger charge is -2.50. The maximum absolute atomic E-state index is 12.8. The summed E-state index contributed by atoms with van der Waals surface area (Å²) in [6, 6.07) is 10.4. The number of benzene rings is 1. The van der Waals surface area contributed by atoms with E-state index >= 15 is 0 Å². The van der Waals surface area contributed by atoms with Gasteiger partial charge in [0.25, 0.3) is 0 Å². The molecule has 1 aromatic rings. The highest BCUT2D eigenvalue weighted by atomic mass is 16.2. The number of hydrogen-bond acceptors (Lipinski definition) is 3. The zero-order valence-corrected chi connectivity index (χ0v) is 15.5. The van der Waals surface area contributed by atoms with Crippen molar-refractivity contribution in [1.82, 2.24) is 15.1 Å². The van der Waals surface area contributed by atoms with E-state index in [-0.39, 0.29) is 23.1 Å². The Morgan fingerprint density at radius 1 is 1.20 bits per heavy atom. The molecule has 136 valence electrons. The number of hydrogen-bond donors (Lipinski definition) is 1. The summed E-state index contributed by atoms with van der Waals surface area (Å²) in [5.74, 6) is 0.656. The van der Waals surface area contributed by atoms with Gasteiger partial charge in [-0.05, 0) is 11.5 Å². The Bertz CT molecular complexity index is 623. The topological polar surface area (TPSA) is 52.7 Å². The zero-order valence-electron chi connectivity index (χ0n) is 15.5. The standard InChI is InChI=1S/C20H29N3O2/c1-15(2)9-21-19(25)18-11-22(10-17-7-5-4-6-8-17)12-20(18)13-23(14-20)16(3)24/h4-8,15,18H,9-14H2,1-3H3,(H,21,25). The van der Waals surface area contributed by atoms with E-state index < -0.39 is 0 Å². The minimum atomic E-state index is -0.0818. The molecule has 3 rings (SSSR count). The SMILES string of the molecule is CC(=O)N1CC2(CN(Cc3ccccc3)CC2C(=O)NCC(C)C)C1. The van der Waals surface area contributed by atoms with Crippen LogP contribution < -0.4 is 5.32 Å². The van der Waals surface area contributed by atoms with Crippen LogP contribution in [0.5, 0.6) is 0 Å². The van der Waals surface area contributed by atoms with Crippen LogP contribution in [0, 0.1) is 17.3 Å². The zero-order chi connectivity index (χ0) is 18.0. The first kappa shape index (κ1) is 17.9. The second-order valence-corrected chi connectivity index (χ2v) is 8.08. The normalized spacial score (nSPS) is 22.2. The van der Waals surface area contributed by atoms with Crippen molar-refractivity contribution in [2.45, 2.75) is 27.3 Å². The Labute approximate surface area is 150 Å². The van der Waals surface area contributed by atoms with Crippen LogP contribution in [0.2, 0.25) is 0 Å². The average molecular weight is 343 g/mol. The van der Waals surface area contributed by atoms with Crippen LogP contribution in [0.3, 0.4) is 0 Å². The first-order valence-corrected chi connectivity index (χ1v) is 9.19. The smallest absolute Gasteiger partial charge is 0.225 e. The first-order valence-electron chi connectivity index (χ1n) is 9.19. The van der Waals surface area contributed by atoms with Gasteiger partial charge < -0.3 is 10.2 Å². The van der Waals surface area contributed by atoms with Crippen LogP contribution in [-0.4, -0.2) is 54.3 Å². The van der Waals surface area contributed by atoms with Gasteiger partial charge in [0.15, 0.2) is 0 Å². The average Bonchev–Trinajstić information content (AvgIpc) is 2.91. The molecule has 0 saturated carbocycles. The lowest BCUT2D eigenvalue weighted by Crippen LogP contribution is -2.63. The quantitative estimate of drug-likeness (QED) is 0.886. The van der Waals surface area contributed by atoms with Gasteiger partial charge in [-0.15, -0.1) is 0 Å². The number of carbonyl (C=O) groups excluding carboxylic acids is 2. The molecule has 2 aliphatic rings. The van der Waals surface area contributed by atoms with Gasteiger partial charge in [0.05, 0.1) is 5.92 Å². The van der Waals surface area contributed by atoms with Gasteiger partial charge in [0, 0.05) is 51.6 Å². The van der Waals surface area contributed by atoms with Gasteiger partial charge in [0.1, 0.15) is 0 Å². The molecule has 5 heteroatoms. The van der Waals surface area contributed by atoms with Crippen LogP contribution >= 0.6 is 0 Å². The summed E-state index contributed by atoms with van der Waals surface area (Å²) in [6.45, 7) is 10.4. The molecule has 2 fully saturated rings. The molecule has 1 aromatic carbocycles. The largest absolute Gasteiger partial charge is 0.356 e. The molecule has 2 heterocycles. The maximum atomic E-state index is 12.8. The highest BCUT2D eigenvalue weighted by molar-refractivity contribution is 5.81. The van der Waals surface area contributed by atoms with E-state index in [0.717, 1.165) is 19.6 Å². The summed E-state index contributed by atoms with van der Waals surface area (Å²) < 4.78 is 0. The van der Waals surface area contributed by atoms with Crippen molar-refractivity contribution < 1.29 is 9.59 Å². The van der Waals surface area contributed by atoms with Crippen LogP contribution in [-0.2, 0) is 16.1 Å². The molecule has 1 atom stereocenters.